The molecule has 2 rings (SSSR count). The molecule has 0 aliphatic heterocycles. The third-order valence-corrected chi connectivity index (χ3v) is 2.58. The summed E-state index contributed by atoms with van der Waals surface area (Å²) in [6.07, 6.45) is 3.41. The van der Waals surface area contributed by atoms with Crippen LogP contribution in [0.5, 0.6) is 11.5 Å². The molecule has 0 aliphatic rings. The summed E-state index contributed by atoms with van der Waals surface area (Å²) in [4.78, 5) is 8.25. The van der Waals surface area contributed by atoms with Gasteiger partial charge in [-0.25, -0.2) is 9.97 Å². The van der Waals surface area contributed by atoms with Crippen molar-refractivity contribution < 1.29 is 9.47 Å². The van der Waals surface area contributed by atoms with E-state index < -0.39 is 0 Å². The van der Waals surface area contributed by atoms with Gasteiger partial charge in [0.25, 0.3) is 0 Å². The lowest BCUT2D eigenvalue weighted by Gasteiger charge is -2.11. The Bertz CT molecular complexity index is 508. The van der Waals surface area contributed by atoms with Crippen LogP contribution in [0.1, 0.15) is 19.4 Å². The van der Waals surface area contributed by atoms with Crippen LogP contribution in [0.25, 0.3) is 0 Å². The highest BCUT2D eigenvalue weighted by Gasteiger charge is 2.03. The lowest BCUT2D eigenvalue weighted by atomic mass is 10.2. The van der Waals surface area contributed by atoms with Crippen molar-refractivity contribution >= 4 is 5.95 Å². The molecule has 0 saturated heterocycles. The number of nitrogens with one attached hydrogen (secondary N) is 1. The van der Waals surface area contributed by atoms with E-state index in [2.05, 4.69) is 15.3 Å². The van der Waals surface area contributed by atoms with Gasteiger partial charge in [0.15, 0.2) is 0 Å². The van der Waals surface area contributed by atoms with Crippen LogP contribution in [-0.4, -0.2) is 23.2 Å². The first-order chi connectivity index (χ1) is 9.81. The first-order valence-corrected chi connectivity index (χ1v) is 6.72. The Balaban J connectivity index is 2.09. The van der Waals surface area contributed by atoms with Crippen molar-refractivity contribution in [1.29, 1.82) is 0 Å². The third kappa shape index (κ3) is 4.12. The normalized spacial score (nSPS) is 10.1. The Morgan fingerprint density at radius 3 is 2.10 bits per heavy atom. The Labute approximate surface area is 119 Å². The second kappa shape index (κ2) is 7.33. The summed E-state index contributed by atoms with van der Waals surface area (Å²) < 4.78 is 11.1. The first-order valence-electron chi connectivity index (χ1n) is 6.72. The lowest BCUT2D eigenvalue weighted by Crippen LogP contribution is -2.04. The van der Waals surface area contributed by atoms with Crippen LogP contribution < -0.4 is 14.8 Å². The molecular formula is C15H19N3O2. The summed E-state index contributed by atoms with van der Waals surface area (Å²) in [5.41, 5.74) is 1.06. The van der Waals surface area contributed by atoms with Crippen molar-refractivity contribution in [2.75, 3.05) is 18.5 Å². The minimum atomic E-state index is 0.604. The van der Waals surface area contributed by atoms with Crippen LogP contribution in [0, 0.1) is 0 Å². The molecule has 2 aromatic rings. The molecule has 0 atom stereocenters. The van der Waals surface area contributed by atoms with Crippen molar-refractivity contribution in [2.24, 2.45) is 0 Å². The van der Waals surface area contributed by atoms with Gasteiger partial charge < -0.3 is 14.8 Å². The molecule has 0 radical (unpaired) electrons. The van der Waals surface area contributed by atoms with Gasteiger partial charge in [0, 0.05) is 25.0 Å². The van der Waals surface area contributed by atoms with Gasteiger partial charge in [0.1, 0.15) is 11.5 Å². The van der Waals surface area contributed by atoms with Crippen molar-refractivity contribution in [1.82, 2.24) is 9.97 Å². The molecule has 0 bridgehead atoms. The van der Waals surface area contributed by atoms with E-state index in [1.54, 1.807) is 18.5 Å². The number of aromatic nitrogens is 2. The SMILES string of the molecule is CCOc1cc(CNc2ncccn2)cc(OCC)c1. The zero-order chi connectivity index (χ0) is 14.2. The fraction of sp³-hybridized carbons (Fsp3) is 0.333. The Morgan fingerprint density at radius 2 is 1.55 bits per heavy atom. The van der Waals surface area contributed by atoms with E-state index in [1.807, 2.05) is 32.0 Å². The average Bonchev–Trinajstić information content (AvgIpc) is 2.47. The van der Waals surface area contributed by atoms with Crippen LogP contribution in [-0.2, 0) is 6.54 Å². The van der Waals surface area contributed by atoms with Crippen molar-refractivity contribution in [2.45, 2.75) is 20.4 Å². The van der Waals surface area contributed by atoms with E-state index in [9.17, 15) is 0 Å². The second-order valence-corrected chi connectivity index (χ2v) is 4.10. The number of ether oxygens (including phenoxy) is 2. The van der Waals surface area contributed by atoms with Gasteiger partial charge in [-0.1, -0.05) is 0 Å². The van der Waals surface area contributed by atoms with E-state index in [1.165, 1.54) is 0 Å². The Kier molecular flexibility index (Phi) is 5.17. The molecule has 5 heteroatoms. The van der Waals surface area contributed by atoms with Crippen molar-refractivity contribution in [3.8, 4) is 11.5 Å². The van der Waals surface area contributed by atoms with Gasteiger partial charge in [-0.2, -0.15) is 0 Å². The van der Waals surface area contributed by atoms with E-state index in [0.29, 0.717) is 25.7 Å². The van der Waals surface area contributed by atoms with Gasteiger partial charge in [0.05, 0.1) is 13.2 Å². The highest BCUT2D eigenvalue weighted by molar-refractivity contribution is 5.40. The van der Waals surface area contributed by atoms with Gasteiger partial charge in [-0.05, 0) is 37.6 Å². The van der Waals surface area contributed by atoms with Crippen LogP contribution >= 0.6 is 0 Å². The summed E-state index contributed by atoms with van der Waals surface area (Å²) >= 11 is 0. The van der Waals surface area contributed by atoms with Crippen molar-refractivity contribution in [3.05, 3.63) is 42.2 Å². The summed E-state index contributed by atoms with van der Waals surface area (Å²) in [6, 6.07) is 7.66. The topological polar surface area (TPSA) is 56.3 Å². The Hall–Kier alpha value is -2.30. The zero-order valence-electron chi connectivity index (χ0n) is 11.8. The van der Waals surface area contributed by atoms with Gasteiger partial charge in [-0.15, -0.1) is 0 Å². The van der Waals surface area contributed by atoms with Crippen LogP contribution in [0.2, 0.25) is 0 Å². The molecule has 1 aromatic carbocycles. The minimum absolute atomic E-state index is 0.604. The van der Waals surface area contributed by atoms with Crippen LogP contribution in [0.3, 0.4) is 0 Å². The van der Waals surface area contributed by atoms with E-state index in [-0.39, 0.29) is 0 Å². The molecule has 1 aromatic heterocycles. The monoisotopic (exact) mass is 273 g/mol. The largest absolute Gasteiger partial charge is 0.494 e. The molecule has 20 heavy (non-hydrogen) atoms. The first kappa shape index (κ1) is 14.1. The summed E-state index contributed by atoms with van der Waals surface area (Å²) in [7, 11) is 0. The van der Waals surface area contributed by atoms with Crippen LogP contribution in [0.4, 0.5) is 5.95 Å². The number of benzene rings is 1. The number of hydrogen-bond acceptors (Lipinski definition) is 5. The molecule has 0 amide bonds. The second-order valence-electron chi connectivity index (χ2n) is 4.10. The summed E-state index contributed by atoms with van der Waals surface area (Å²) in [5, 5.41) is 3.17. The fourth-order valence-corrected chi connectivity index (χ4v) is 1.80. The van der Waals surface area contributed by atoms with Crippen molar-refractivity contribution in [3.63, 3.8) is 0 Å². The molecule has 0 aliphatic carbocycles. The maximum atomic E-state index is 5.55. The maximum absolute atomic E-state index is 5.55. The highest BCUT2D eigenvalue weighted by Crippen LogP contribution is 2.23. The summed E-state index contributed by atoms with van der Waals surface area (Å²) in [5.74, 6) is 2.22. The predicted molar refractivity (Wildman–Crippen MR) is 78.1 cm³/mol. The number of nitrogens with zero attached hydrogens (tertiary/aromatic N) is 2. The van der Waals surface area contributed by atoms with Gasteiger partial charge in [-0.3, -0.25) is 0 Å². The predicted octanol–water partition coefficient (Wildman–Crippen LogP) is 2.89. The average molecular weight is 273 g/mol. The minimum Gasteiger partial charge on any atom is -0.494 e. The standard InChI is InChI=1S/C15H19N3O2/c1-3-19-13-8-12(9-14(10-13)20-4-2)11-18-15-16-6-5-7-17-15/h5-10H,3-4,11H2,1-2H3,(H,16,17,18). The third-order valence-electron chi connectivity index (χ3n) is 2.58. The number of rotatable bonds is 7. The smallest absolute Gasteiger partial charge is 0.222 e. The molecular weight excluding hydrogens is 254 g/mol. The van der Waals surface area contributed by atoms with Crippen LogP contribution in [0.15, 0.2) is 36.7 Å². The molecule has 1 N–H and O–H groups in total. The molecule has 0 spiro atoms. The van der Waals surface area contributed by atoms with E-state index in [0.717, 1.165) is 17.1 Å². The molecule has 5 nitrogen and oxygen atoms in total. The van der Waals surface area contributed by atoms with Gasteiger partial charge >= 0.3 is 0 Å². The van der Waals surface area contributed by atoms with E-state index in [4.69, 9.17) is 9.47 Å². The van der Waals surface area contributed by atoms with Gasteiger partial charge in [0.2, 0.25) is 5.95 Å². The maximum Gasteiger partial charge on any atom is 0.222 e. The van der Waals surface area contributed by atoms with E-state index >= 15 is 0 Å². The highest BCUT2D eigenvalue weighted by atomic mass is 16.5. The quantitative estimate of drug-likeness (QED) is 0.840. The zero-order valence-corrected chi connectivity index (χ0v) is 11.8. The fourth-order valence-electron chi connectivity index (χ4n) is 1.80. The molecule has 0 unspecified atom stereocenters. The number of hydrogen-bond donors (Lipinski definition) is 1. The number of anilines is 1. The molecule has 1 heterocycles. The Morgan fingerprint density at radius 1 is 0.950 bits per heavy atom. The molecule has 106 valence electrons. The lowest BCUT2D eigenvalue weighted by molar-refractivity contribution is 0.322. The summed E-state index contributed by atoms with van der Waals surface area (Å²) in [6.45, 7) is 5.80. The molecule has 0 saturated carbocycles. The molecule has 0 fully saturated rings.